The number of anilines is 1. The van der Waals surface area contributed by atoms with Gasteiger partial charge in [0.05, 0.1) is 28.7 Å². The Hall–Kier alpha value is -4.13. The fourth-order valence-corrected chi connectivity index (χ4v) is 3.92. The molecule has 3 nitrogen and oxygen atoms in total. The molecule has 0 aromatic heterocycles. The molecule has 0 spiro atoms. The molecule has 34 heavy (non-hydrogen) atoms. The molecule has 0 amide bonds. The molecule has 4 aromatic rings. The average Bonchev–Trinajstić information content (AvgIpc) is 3.06. The lowest BCUT2D eigenvalue weighted by molar-refractivity contribution is 0.365. The highest BCUT2D eigenvalue weighted by molar-refractivity contribution is 6.04. The van der Waals surface area contributed by atoms with E-state index in [4.69, 9.17) is 4.74 Å². The van der Waals surface area contributed by atoms with Crippen molar-refractivity contribution >= 4 is 17.1 Å². The van der Waals surface area contributed by atoms with Crippen LogP contribution >= 0.6 is 0 Å². The smallest absolute Gasteiger partial charge is 0.205 e. The van der Waals surface area contributed by atoms with E-state index >= 15 is 8.78 Å². The maximum absolute atomic E-state index is 15.3. The molecule has 0 fully saturated rings. The van der Waals surface area contributed by atoms with Gasteiger partial charge in [-0.15, -0.1) is 0 Å². The number of rotatable bonds is 4. The first-order valence-electron chi connectivity index (χ1n) is 10.6. The van der Waals surface area contributed by atoms with Gasteiger partial charge in [0.2, 0.25) is 17.4 Å². The van der Waals surface area contributed by atoms with Crippen molar-refractivity contribution < 1.29 is 22.3 Å². The summed E-state index contributed by atoms with van der Waals surface area (Å²) in [4.78, 5) is 4.40. The van der Waals surface area contributed by atoms with Gasteiger partial charge in [0.1, 0.15) is 5.75 Å². The van der Waals surface area contributed by atoms with Crippen LogP contribution in [0.2, 0.25) is 0 Å². The SMILES string of the molecule is Fc1c(F)c(C2=Nc3ccccc3NC(c3ccccc3)C2)c(F)c(F)c1Oc1ccccc1. The van der Waals surface area contributed by atoms with E-state index in [9.17, 15) is 8.78 Å². The van der Waals surface area contributed by atoms with Gasteiger partial charge >= 0.3 is 0 Å². The molecule has 1 aliphatic heterocycles. The normalized spacial score (nSPS) is 15.1. The van der Waals surface area contributed by atoms with Crippen LogP contribution in [-0.4, -0.2) is 5.71 Å². The zero-order valence-electron chi connectivity index (χ0n) is 17.7. The molecule has 1 N–H and O–H groups in total. The second-order valence-corrected chi connectivity index (χ2v) is 7.76. The van der Waals surface area contributed by atoms with Crippen LogP contribution in [0.1, 0.15) is 23.6 Å². The van der Waals surface area contributed by atoms with Crippen molar-refractivity contribution in [2.45, 2.75) is 12.5 Å². The van der Waals surface area contributed by atoms with Crippen molar-refractivity contribution in [3.05, 3.63) is 119 Å². The monoisotopic (exact) mass is 462 g/mol. The van der Waals surface area contributed by atoms with Gasteiger partial charge in [-0.3, -0.25) is 4.99 Å². The van der Waals surface area contributed by atoms with Crippen molar-refractivity contribution in [2.24, 2.45) is 4.99 Å². The number of nitrogens with zero attached hydrogens (tertiary/aromatic N) is 1. The van der Waals surface area contributed by atoms with Gasteiger partial charge in [0.25, 0.3) is 0 Å². The minimum Gasteiger partial charge on any atom is -0.451 e. The predicted molar refractivity (Wildman–Crippen MR) is 123 cm³/mol. The van der Waals surface area contributed by atoms with Crippen LogP contribution in [0.5, 0.6) is 11.5 Å². The third-order valence-electron chi connectivity index (χ3n) is 5.56. The Morgan fingerprint density at radius 2 is 1.29 bits per heavy atom. The van der Waals surface area contributed by atoms with Crippen LogP contribution in [0.4, 0.5) is 28.9 Å². The summed E-state index contributed by atoms with van der Waals surface area (Å²) in [6.45, 7) is 0. The number of para-hydroxylation sites is 3. The molecule has 1 aliphatic rings. The molecule has 0 saturated heterocycles. The topological polar surface area (TPSA) is 33.6 Å². The summed E-state index contributed by atoms with van der Waals surface area (Å²) in [5.74, 6) is -7.47. The lowest BCUT2D eigenvalue weighted by Gasteiger charge is -2.20. The van der Waals surface area contributed by atoms with E-state index in [-0.39, 0.29) is 17.9 Å². The van der Waals surface area contributed by atoms with Gasteiger partial charge < -0.3 is 10.1 Å². The first-order valence-corrected chi connectivity index (χ1v) is 10.6. The zero-order valence-corrected chi connectivity index (χ0v) is 17.7. The minimum atomic E-state index is -1.62. The quantitative estimate of drug-likeness (QED) is 0.249. The molecular weight excluding hydrogens is 444 g/mol. The largest absolute Gasteiger partial charge is 0.451 e. The Morgan fingerprint density at radius 1 is 0.706 bits per heavy atom. The van der Waals surface area contributed by atoms with E-state index in [0.29, 0.717) is 11.4 Å². The molecular formula is C27H18F4N2O. The molecule has 1 atom stereocenters. The number of nitrogens with one attached hydrogen (secondary N) is 1. The summed E-state index contributed by atoms with van der Waals surface area (Å²) >= 11 is 0. The molecule has 0 saturated carbocycles. The molecule has 170 valence electrons. The van der Waals surface area contributed by atoms with E-state index in [0.717, 1.165) is 5.56 Å². The van der Waals surface area contributed by atoms with Gasteiger partial charge in [-0.2, -0.15) is 8.78 Å². The molecule has 4 aromatic carbocycles. The van der Waals surface area contributed by atoms with Crippen LogP contribution < -0.4 is 10.1 Å². The second kappa shape index (κ2) is 9.02. The summed E-state index contributed by atoms with van der Waals surface area (Å²) in [6, 6.07) is 23.4. The van der Waals surface area contributed by atoms with E-state index in [1.54, 1.807) is 42.5 Å². The van der Waals surface area contributed by atoms with Gasteiger partial charge in [-0.25, -0.2) is 8.78 Å². The Kier molecular flexibility index (Phi) is 5.76. The highest BCUT2D eigenvalue weighted by Crippen LogP contribution is 2.39. The highest BCUT2D eigenvalue weighted by atomic mass is 19.2. The number of hydrogen-bond acceptors (Lipinski definition) is 3. The molecule has 1 heterocycles. The van der Waals surface area contributed by atoms with Crippen molar-refractivity contribution in [2.75, 3.05) is 5.32 Å². The van der Waals surface area contributed by atoms with Gasteiger partial charge in [-0.05, 0) is 29.8 Å². The van der Waals surface area contributed by atoms with Gasteiger partial charge in [-0.1, -0.05) is 60.7 Å². The van der Waals surface area contributed by atoms with E-state index in [1.165, 1.54) is 12.1 Å². The summed E-state index contributed by atoms with van der Waals surface area (Å²) in [5.41, 5.74) is 0.898. The second-order valence-electron chi connectivity index (χ2n) is 7.76. The van der Waals surface area contributed by atoms with E-state index in [2.05, 4.69) is 10.3 Å². The number of fused-ring (bicyclic) bond motifs is 1. The number of halogens is 4. The molecule has 0 radical (unpaired) electrons. The summed E-state index contributed by atoms with van der Waals surface area (Å²) in [6.07, 6.45) is -0.00962. The Labute approximate surface area is 193 Å². The number of hydrogen-bond donors (Lipinski definition) is 1. The summed E-state index contributed by atoms with van der Waals surface area (Å²) in [7, 11) is 0. The average molecular weight is 462 g/mol. The Bertz CT molecular complexity index is 1350. The summed E-state index contributed by atoms with van der Waals surface area (Å²) in [5, 5.41) is 3.32. The molecule has 5 rings (SSSR count). The van der Waals surface area contributed by atoms with Gasteiger partial charge in [0, 0.05) is 6.42 Å². The molecule has 1 unspecified atom stereocenters. The standard InChI is InChI=1S/C27H18F4N2O/c28-23-22(24(29)26(31)27(25(23)30)34-17-11-5-2-6-12-17)21-15-20(16-9-3-1-4-10-16)32-18-13-7-8-14-19(18)33-21/h1-14,20,32H,15H2. The third kappa shape index (κ3) is 4.01. The maximum Gasteiger partial charge on any atom is 0.205 e. The van der Waals surface area contributed by atoms with E-state index in [1.807, 2.05) is 30.3 Å². The first kappa shape index (κ1) is 21.7. The molecule has 0 aliphatic carbocycles. The zero-order chi connectivity index (χ0) is 23.7. The Balaban J connectivity index is 1.64. The first-order chi connectivity index (χ1) is 16.5. The maximum atomic E-state index is 15.3. The number of aliphatic imine (C=N–C) groups is 1. The number of benzene rings is 4. The lowest BCUT2D eigenvalue weighted by atomic mass is 9.96. The molecule has 0 bridgehead atoms. The fourth-order valence-electron chi connectivity index (χ4n) is 3.92. The van der Waals surface area contributed by atoms with Crippen molar-refractivity contribution in [3.8, 4) is 11.5 Å². The van der Waals surface area contributed by atoms with Crippen LogP contribution in [0.25, 0.3) is 0 Å². The number of ether oxygens (including phenoxy) is 1. The Morgan fingerprint density at radius 3 is 1.97 bits per heavy atom. The van der Waals surface area contributed by atoms with Crippen molar-refractivity contribution in [3.63, 3.8) is 0 Å². The third-order valence-corrected chi connectivity index (χ3v) is 5.56. The van der Waals surface area contributed by atoms with Crippen molar-refractivity contribution in [1.29, 1.82) is 0 Å². The summed E-state index contributed by atoms with van der Waals surface area (Å²) < 4.78 is 65.6. The van der Waals surface area contributed by atoms with Crippen LogP contribution in [0.3, 0.4) is 0 Å². The van der Waals surface area contributed by atoms with Gasteiger partial charge in [0.15, 0.2) is 11.6 Å². The van der Waals surface area contributed by atoms with E-state index < -0.39 is 40.6 Å². The van der Waals surface area contributed by atoms with Crippen LogP contribution in [0.15, 0.2) is 89.9 Å². The van der Waals surface area contributed by atoms with Crippen LogP contribution in [0, 0.1) is 23.3 Å². The molecule has 7 heteroatoms. The predicted octanol–water partition coefficient (Wildman–Crippen LogP) is 7.71. The van der Waals surface area contributed by atoms with Crippen LogP contribution in [-0.2, 0) is 0 Å². The highest BCUT2D eigenvalue weighted by Gasteiger charge is 2.32. The lowest BCUT2D eigenvalue weighted by Crippen LogP contribution is -2.18. The fraction of sp³-hybridized carbons (Fsp3) is 0.0741. The van der Waals surface area contributed by atoms with Crippen molar-refractivity contribution in [1.82, 2.24) is 0 Å². The minimum absolute atomic E-state index is 0.00962.